The summed E-state index contributed by atoms with van der Waals surface area (Å²) in [5.41, 5.74) is 2.57. The third-order valence-corrected chi connectivity index (χ3v) is 6.14. The molecule has 2 amide bonds. The highest BCUT2D eigenvalue weighted by atomic mass is 16.6. The first-order valence-electron chi connectivity index (χ1n) is 12.4. The van der Waals surface area contributed by atoms with Crippen LogP contribution in [0.25, 0.3) is 16.5 Å². The molecule has 38 heavy (non-hydrogen) atoms. The minimum atomic E-state index is -1.28. The molecule has 0 unspecified atom stereocenters. The number of amides is 2. The standard InChI is InChI=1S/C28H33N5O5/c1-27(2,3)22-19(17-11-15-32(16-12-17)26(37)38-28(4,5)6)7-8-20-21(22)23(31-33(20)25(35)36)24(34)30-18-9-13-29-14-10-18/h7-11,13-14H,12,15-16H2,1-6H3,(H,35,36)(H,29,30,34). The van der Waals surface area contributed by atoms with Gasteiger partial charge in [0.15, 0.2) is 5.69 Å². The van der Waals surface area contributed by atoms with Gasteiger partial charge in [-0.15, -0.1) is 0 Å². The van der Waals surface area contributed by atoms with Crippen molar-refractivity contribution in [1.82, 2.24) is 19.7 Å². The van der Waals surface area contributed by atoms with Crippen molar-refractivity contribution in [2.24, 2.45) is 0 Å². The Morgan fingerprint density at radius 3 is 2.26 bits per heavy atom. The Kier molecular flexibility index (Phi) is 7.01. The monoisotopic (exact) mass is 519 g/mol. The van der Waals surface area contributed by atoms with Crippen molar-refractivity contribution >= 4 is 40.3 Å². The van der Waals surface area contributed by atoms with E-state index in [-0.39, 0.29) is 11.8 Å². The van der Waals surface area contributed by atoms with Gasteiger partial charge in [-0.3, -0.25) is 9.78 Å². The lowest BCUT2D eigenvalue weighted by Gasteiger charge is -2.31. The maximum Gasteiger partial charge on any atom is 0.432 e. The van der Waals surface area contributed by atoms with Crippen LogP contribution in [0.15, 0.2) is 42.7 Å². The molecule has 3 aromatic rings. The number of pyridine rings is 1. The number of nitrogens with one attached hydrogen (secondary N) is 1. The number of benzene rings is 1. The highest BCUT2D eigenvalue weighted by Crippen LogP contribution is 2.40. The molecule has 0 spiro atoms. The maximum atomic E-state index is 13.4. The summed E-state index contributed by atoms with van der Waals surface area (Å²) in [6.45, 7) is 12.4. The van der Waals surface area contributed by atoms with E-state index in [9.17, 15) is 19.5 Å². The number of aromatic nitrogens is 3. The molecule has 10 heteroatoms. The Balaban J connectivity index is 1.82. The molecule has 200 valence electrons. The fourth-order valence-electron chi connectivity index (χ4n) is 4.59. The Bertz CT molecular complexity index is 1430. The molecule has 3 heterocycles. The fraction of sp³-hybridized carbons (Fsp3) is 0.393. The predicted octanol–water partition coefficient (Wildman–Crippen LogP) is 5.53. The van der Waals surface area contributed by atoms with E-state index in [0.717, 1.165) is 21.4 Å². The second kappa shape index (κ2) is 9.92. The number of hydrogen-bond donors (Lipinski definition) is 2. The fourth-order valence-corrected chi connectivity index (χ4v) is 4.59. The van der Waals surface area contributed by atoms with Crippen LogP contribution < -0.4 is 5.32 Å². The van der Waals surface area contributed by atoms with Crippen LogP contribution in [-0.4, -0.2) is 61.6 Å². The molecule has 0 saturated carbocycles. The van der Waals surface area contributed by atoms with E-state index in [1.807, 2.05) is 53.7 Å². The Morgan fingerprint density at radius 2 is 1.71 bits per heavy atom. The Hall–Kier alpha value is -4.21. The van der Waals surface area contributed by atoms with Crippen molar-refractivity contribution in [3.05, 3.63) is 59.6 Å². The molecular weight excluding hydrogens is 486 g/mol. The van der Waals surface area contributed by atoms with Gasteiger partial charge in [-0.05, 0) is 67.5 Å². The molecule has 0 fully saturated rings. The summed E-state index contributed by atoms with van der Waals surface area (Å²) in [6, 6.07) is 6.86. The van der Waals surface area contributed by atoms with Crippen LogP contribution in [0.5, 0.6) is 0 Å². The predicted molar refractivity (Wildman–Crippen MR) is 144 cm³/mol. The molecular formula is C28H33N5O5. The van der Waals surface area contributed by atoms with E-state index in [2.05, 4.69) is 15.4 Å². The van der Waals surface area contributed by atoms with Crippen LogP contribution in [0.4, 0.5) is 15.3 Å². The molecule has 10 nitrogen and oxygen atoms in total. The smallest absolute Gasteiger partial charge is 0.432 e. The van der Waals surface area contributed by atoms with Gasteiger partial charge in [0.25, 0.3) is 5.91 Å². The van der Waals surface area contributed by atoms with Gasteiger partial charge in [0, 0.05) is 36.6 Å². The molecule has 0 saturated heterocycles. The minimum Gasteiger partial charge on any atom is -0.463 e. The molecule has 2 N–H and O–H groups in total. The van der Waals surface area contributed by atoms with Crippen molar-refractivity contribution in [3.8, 4) is 0 Å². The first kappa shape index (κ1) is 26.8. The van der Waals surface area contributed by atoms with E-state index in [4.69, 9.17) is 4.74 Å². The topological polar surface area (TPSA) is 127 Å². The number of anilines is 1. The van der Waals surface area contributed by atoms with Gasteiger partial charge in [-0.2, -0.15) is 9.78 Å². The number of fused-ring (bicyclic) bond motifs is 1. The van der Waals surface area contributed by atoms with Crippen LogP contribution in [0.1, 0.15) is 69.6 Å². The second-order valence-electron chi connectivity index (χ2n) is 11.3. The molecule has 0 radical (unpaired) electrons. The average molecular weight is 520 g/mol. The maximum absolute atomic E-state index is 13.4. The second-order valence-corrected chi connectivity index (χ2v) is 11.3. The number of carbonyl (C=O) groups is 3. The highest BCUT2D eigenvalue weighted by molar-refractivity contribution is 6.14. The number of hydrogen-bond acceptors (Lipinski definition) is 6. The van der Waals surface area contributed by atoms with Crippen molar-refractivity contribution in [2.45, 2.75) is 59.0 Å². The van der Waals surface area contributed by atoms with Gasteiger partial charge in [0.05, 0.1) is 5.52 Å². The number of rotatable bonds is 3. The summed E-state index contributed by atoms with van der Waals surface area (Å²) < 4.78 is 6.36. The summed E-state index contributed by atoms with van der Waals surface area (Å²) >= 11 is 0. The first-order chi connectivity index (χ1) is 17.8. The normalized spacial score (nSPS) is 14.3. The van der Waals surface area contributed by atoms with Crippen molar-refractivity contribution < 1.29 is 24.2 Å². The summed E-state index contributed by atoms with van der Waals surface area (Å²) in [4.78, 5) is 43.6. The van der Waals surface area contributed by atoms with Crippen molar-refractivity contribution in [2.75, 3.05) is 18.4 Å². The average Bonchev–Trinajstić information content (AvgIpc) is 3.22. The lowest BCUT2D eigenvalue weighted by molar-refractivity contribution is 0.0270. The molecule has 0 atom stereocenters. The third-order valence-electron chi connectivity index (χ3n) is 6.14. The number of nitrogens with zero attached hydrogens (tertiary/aromatic N) is 4. The van der Waals surface area contributed by atoms with Gasteiger partial charge in [0.1, 0.15) is 5.60 Å². The summed E-state index contributed by atoms with van der Waals surface area (Å²) in [7, 11) is 0. The van der Waals surface area contributed by atoms with Gasteiger partial charge >= 0.3 is 12.2 Å². The Labute approximate surface area is 221 Å². The van der Waals surface area contributed by atoms with Crippen LogP contribution >= 0.6 is 0 Å². The van der Waals surface area contributed by atoms with Gasteiger partial charge in [-0.1, -0.05) is 32.9 Å². The number of carboxylic acid groups (broad SMARTS) is 1. The number of ether oxygens (including phenoxy) is 1. The van der Waals surface area contributed by atoms with Crippen molar-refractivity contribution in [3.63, 3.8) is 0 Å². The summed E-state index contributed by atoms with van der Waals surface area (Å²) in [6.07, 6.45) is 4.03. The van der Waals surface area contributed by atoms with E-state index in [1.165, 1.54) is 0 Å². The number of carbonyl (C=O) groups excluding carboxylic acids is 2. The quantitative estimate of drug-likeness (QED) is 0.466. The zero-order valence-electron chi connectivity index (χ0n) is 22.5. The molecule has 1 aliphatic rings. The molecule has 2 aromatic heterocycles. The molecule has 0 bridgehead atoms. The van der Waals surface area contributed by atoms with E-state index in [1.54, 1.807) is 35.5 Å². The zero-order chi connectivity index (χ0) is 27.8. The van der Waals surface area contributed by atoms with E-state index >= 15 is 0 Å². The SMILES string of the molecule is CC(C)(C)OC(=O)N1CC=C(c2ccc3c(c(C(=O)Nc4ccncc4)nn3C(=O)O)c2C(C)(C)C)CC1. The molecule has 1 aromatic carbocycles. The van der Waals surface area contributed by atoms with Gasteiger partial charge in [-0.25, -0.2) is 9.59 Å². The van der Waals surface area contributed by atoms with E-state index < -0.39 is 23.0 Å². The summed E-state index contributed by atoms with van der Waals surface area (Å²) in [5.74, 6) is -0.516. The summed E-state index contributed by atoms with van der Waals surface area (Å²) in [5, 5.41) is 17.3. The largest absolute Gasteiger partial charge is 0.463 e. The van der Waals surface area contributed by atoms with Gasteiger partial charge < -0.3 is 20.1 Å². The van der Waals surface area contributed by atoms with E-state index in [0.29, 0.717) is 36.1 Å². The first-order valence-corrected chi connectivity index (χ1v) is 12.4. The van der Waals surface area contributed by atoms with Crippen LogP contribution in [0.3, 0.4) is 0 Å². The van der Waals surface area contributed by atoms with Crippen LogP contribution in [0.2, 0.25) is 0 Å². The molecule has 0 aliphatic carbocycles. The lowest BCUT2D eigenvalue weighted by atomic mass is 9.78. The zero-order valence-corrected chi connectivity index (χ0v) is 22.5. The Morgan fingerprint density at radius 1 is 1.03 bits per heavy atom. The molecule has 1 aliphatic heterocycles. The lowest BCUT2D eigenvalue weighted by Crippen LogP contribution is -2.39. The molecule has 4 rings (SSSR count). The minimum absolute atomic E-state index is 0.0257. The van der Waals surface area contributed by atoms with Gasteiger partial charge in [0.2, 0.25) is 0 Å². The van der Waals surface area contributed by atoms with Crippen molar-refractivity contribution in [1.29, 1.82) is 0 Å². The van der Waals surface area contributed by atoms with Crippen LogP contribution in [-0.2, 0) is 10.2 Å². The highest BCUT2D eigenvalue weighted by Gasteiger charge is 2.32. The van der Waals surface area contributed by atoms with Crippen LogP contribution in [0, 0.1) is 0 Å². The third kappa shape index (κ3) is 5.53.